The van der Waals surface area contributed by atoms with Gasteiger partial charge in [0.15, 0.2) is 0 Å². The molecule has 2 atom stereocenters. The lowest BCUT2D eigenvalue weighted by atomic mass is 10.2. The SMILES string of the molecule is CCN(CC)C(=O)[C@@H]1C[C@H](S(=O)(=O)O)CN1C(=O)OCc1ccccc1. The molecule has 0 saturated carbocycles. The highest BCUT2D eigenvalue weighted by molar-refractivity contribution is 7.86. The van der Waals surface area contributed by atoms with Crippen LogP contribution in [0.4, 0.5) is 4.79 Å². The zero-order chi connectivity index (χ0) is 19.3. The summed E-state index contributed by atoms with van der Waals surface area (Å²) in [7, 11) is -4.36. The first-order valence-electron chi connectivity index (χ1n) is 8.50. The molecule has 2 rings (SSSR count). The van der Waals surface area contributed by atoms with E-state index in [2.05, 4.69) is 0 Å². The first-order valence-corrected chi connectivity index (χ1v) is 10.0. The molecule has 1 aromatic rings. The average Bonchev–Trinajstić information content (AvgIpc) is 3.07. The van der Waals surface area contributed by atoms with Crippen LogP contribution in [0.15, 0.2) is 30.3 Å². The third-order valence-corrected chi connectivity index (χ3v) is 5.67. The lowest BCUT2D eigenvalue weighted by molar-refractivity contribution is -0.135. The Morgan fingerprint density at radius 2 is 1.85 bits per heavy atom. The van der Waals surface area contributed by atoms with Crippen molar-refractivity contribution in [1.29, 1.82) is 0 Å². The fourth-order valence-corrected chi connectivity index (χ4v) is 3.77. The third-order valence-electron chi connectivity index (χ3n) is 4.48. The van der Waals surface area contributed by atoms with Crippen LogP contribution < -0.4 is 0 Å². The van der Waals surface area contributed by atoms with Crippen molar-refractivity contribution in [2.75, 3.05) is 19.6 Å². The summed E-state index contributed by atoms with van der Waals surface area (Å²) < 4.78 is 37.6. The monoisotopic (exact) mass is 384 g/mol. The Morgan fingerprint density at radius 1 is 1.23 bits per heavy atom. The van der Waals surface area contributed by atoms with Crippen molar-refractivity contribution in [2.24, 2.45) is 0 Å². The van der Waals surface area contributed by atoms with Gasteiger partial charge in [-0.2, -0.15) is 8.42 Å². The zero-order valence-corrected chi connectivity index (χ0v) is 15.7. The number of nitrogens with zero attached hydrogens (tertiary/aromatic N) is 2. The summed E-state index contributed by atoms with van der Waals surface area (Å²) in [4.78, 5) is 27.8. The molecule has 0 bridgehead atoms. The molecule has 1 saturated heterocycles. The van der Waals surface area contributed by atoms with Gasteiger partial charge in [0.1, 0.15) is 17.9 Å². The van der Waals surface area contributed by atoms with Crippen LogP contribution in [0, 0.1) is 0 Å². The molecule has 9 heteroatoms. The largest absolute Gasteiger partial charge is 0.445 e. The fourth-order valence-electron chi connectivity index (χ4n) is 3.00. The molecule has 1 aromatic carbocycles. The predicted molar refractivity (Wildman–Crippen MR) is 95.0 cm³/mol. The number of ether oxygens (including phenoxy) is 1. The van der Waals surface area contributed by atoms with E-state index in [1.165, 1.54) is 4.90 Å². The molecule has 1 heterocycles. The van der Waals surface area contributed by atoms with Gasteiger partial charge in [0, 0.05) is 19.6 Å². The molecule has 1 N–H and O–H groups in total. The van der Waals surface area contributed by atoms with Crippen LogP contribution in [0.5, 0.6) is 0 Å². The molecular formula is C17H24N2O6S. The normalized spacial score (nSPS) is 20.0. The molecule has 144 valence electrons. The number of hydrogen-bond acceptors (Lipinski definition) is 5. The van der Waals surface area contributed by atoms with Gasteiger partial charge in [0.25, 0.3) is 10.1 Å². The number of benzene rings is 1. The van der Waals surface area contributed by atoms with Gasteiger partial charge in [-0.1, -0.05) is 30.3 Å². The molecule has 2 amide bonds. The van der Waals surface area contributed by atoms with E-state index in [4.69, 9.17) is 4.74 Å². The van der Waals surface area contributed by atoms with Gasteiger partial charge in [-0.3, -0.25) is 14.2 Å². The summed E-state index contributed by atoms with van der Waals surface area (Å²) in [5, 5.41) is -1.20. The van der Waals surface area contributed by atoms with E-state index in [1.54, 1.807) is 38.1 Å². The molecule has 8 nitrogen and oxygen atoms in total. The maximum absolute atomic E-state index is 12.7. The Balaban J connectivity index is 2.15. The van der Waals surface area contributed by atoms with Crippen LogP contribution >= 0.6 is 0 Å². The van der Waals surface area contributed by atoms with E-state index in [1.807, 2.05) is 6.07 Å². The van der Waals surface area contributed by atoms with Crippen LogP contribution in [0.3, 0.4) is 0 Å². The number of hydrogen-bond donors (Lipinski definition) is 1. The highest BCUT2D eigenvalue weighted by atomic mass is 32.2. The molecule has 1 fully saturated rings. The molecule has 0 unspecified atom stereocenters. The molecule has 0 aliphatic carbocycles. The summed E-state index contributed by atoms with van der Waals surface area (Å²) in [6.07, 6.45) is -0.917. The second-order valence-electron chi connectivity index (χ2n) is 6.09. The van der Waals surface area contributed by atoms with Crippen molar-refractivity contribution in [3.05, 3.63) is 35.9 Å². The zero-order valence-electron chi connectivity index (χ0n) is 14.9. The van der Waals surface area contributed by atoms with Gasteiger partial charge in [0.05, 0.1) is 0 Å². The van der Waals surface area contributed by atoms with Gasteiger partial charge >= 0.3 is 6.09 Å². The average molecular weight is 384 g/mol. The Bertz CT molecular complexity index is 733. The van der Waals surface area contributed by atoms with Gasteiger partial charge in [-0.25, -0.2) is 4.79 Å². The number of likely N-dealkylation sites (N-methyl/N-ethyl adjacent to an activating group) is 1. The van der Waals surface area contributed by atoms with E-state index in [-0.39, 0.29) is 25.5 Å². The smallest absolute Gasteiger partial charge is 0.410 e. The topological polar surface area (TPSA) is 104 Å². The molecule has 0 aromatic heterocycles. The molecule has 1 aliphatic heterocycles. The summed E-state index contributed by atoms with van der Waals surface area (Å²) in [5.74, 6) is -0.349. The molecule has 0 radical (unpaired) electrons. The summed E-state index contributed by atoms with van der Waals surface area (Å²) in [5.41, 5.74) is 0.776. The van der Waals surface area contributed by atoms with Crippen molar-refractivity contribution < 1.29 is 27.3 Å². The van der Waals surface area contributed by atoms with Crippen molar-refractivity contribution in [2.45, 2.75) is 38.2 Å². The fraction of sp³-hybridized carbons (Fsp3) is 0.529. The van der Waals surface area contributed by atoms with Crippen LogP contribution in [0.1, 0.15) is 25.8 Å². The van der Waals surface area contributed by atoms with E-state index in [0.29, 0.717) is 13.1 Å². The number of amides is 2. The molecular weight excluding hydrogens is 360 g/mol. The second-order valence-corrected chi connectivity index (χ2v) is 7.79. The van der Waals surface area contributed by atoms with Gasteiger partial charge in [0.2, 0.25) is 5.91 Å². The number of carbonyl (C=O) groups excluding carboxylic acids is 2. The standard InChI is InChI=1S/C17H24N2O6S/c1-3-18(4-2)16(20)15-10-14(26(22,23)24)11-19(15)17(21)25-12-13-8-6-5-7-9-13/h5-9,14-15H,3-4,10-12H2,1-2H3,(H,22,23,24)/t14-,15-/m0/s1. The highest BCUT2D eigenvalue weighted by Crippen LogP contribution is 2.25. The number of carbonyl (C=O) groups is 2. The maximum Gasteiger partial charge on any atom is 0.410 e. The lowest BCUT2D eigenvalue weighted by Crippen LogP contribution is -2.47. The van der Waals surface area contributed by atoms with Crippen molar-refractivity contribution in [3.63, 3.8) is 0 Å². The summed E-state index contributed by atoms with van der Waals surface area (Å²) in [6.45, 7) is 4.22. The lowest BCUT2D eigenvalue weighted by Gasteiger charge is -2.28. The minimum Gasteiger partial charge on any atom is -0.445 e. The first kappa shape index (κ1) is 20.2. The van der Waals surface area contributed by atoms with Gasteiger partial charge in [-0.15, -0.1) is 0 Å². The van der Waals surface area contributed by atoms with Crippen LogP contribution in [-0.2, 0) is 26.3 Å². The Morgan fingerprint density at radius 3 is 2.38 bits per heavy atom. The molecule has 0 spiro atoms. The van der Waals surface area contributed by atoms with E-state index in [9.17, 15) is 22.6 Å². The summed E-state index contributed by atoms with van der Waals surface area (Å²) >= 11 is 0. The Hall–Kier alpha value is -2.13. The minimum absolute atomic E-state index is 0.0128. The van der Waals surface area contributed by atoms with Crippen molar-refractivity contribution in [1.82, 2.24) is 9.80 Å². The quantitative estimate of drug-likeness (QED) is 0.746. The number of rotatable bonds is 6. The number of likely N-dealkylation sites (tertiary alicyclic amines) is 1. The van der Waals surface area contributed by atoms with Crippen molar-refractivity contribution >= 4 is 22.1 Å². The predicted octanol–water partition coefficient (Wildman–Crippen LogP) is 1.52. The molecule has 26 heavy (non-hydrogen) atoms. The highest BCUT2D eigenvalue weighted by Gasteiger charge is 2.46. The Labute approximate surface area is 153 Å². The van der Waals surface area contributed by atoms with Crippen LogP contribution in [-0.4, -0.2) is 65.7 Å². The van der Waals surface area contributed by atoms with Crippen LogP contribution in [0.25, 0.3) is 0 Å². The van der Waals surface area contributed by atoms with Crippen molar-refractivity contribution in [3.8, 4) is 0 Å². The van der Waals surface area contributed by atoms with E-state index >= 15 is 0 Å². The first-order chi connectivity index (χ1) is 12.3. The maximum atomic E-state index is 12.7. The third kappa shape index (κ3) is 4.73. The minimum atomic E-state index is -4.36. The molecule has 1 aliphatic rings. The summed E-state index contributed by atoms with van der Waals surface area (Å²) in [6, 6.07) is 8.06. The van der Waals surface area contributed by atoms with Crippen LogP contribution in [0.2, 0.25) is 0 Å². The van der Waals surface area contributed by atoms with E-state index < -0.39 is 27.5 Å². The Kier molecular flexibility index (Phi) is 6.60. The van der Waals surface area contributed by atoms with Gasteiger partial charge in [-0.05, 0) is 25.8 Å². The van der Waals surface area contributed by atoms with Gasteiger partial charge < -0.3 is 9.64 Å². The van der Waals surface area contributed by atoms with E-state index in [0.717, 1.165) is 10.5 Å². The second kappa shape index (κ2) is 8.50.